The summed E-state index contributed by atoms with van der Waals surface area (Å²) < 4.78 is 0. The number of para-hydroxylation sites is 1. The number of hydrogen-bond donors (Lipinski definition) is 2. The third-order valence-electron chi connectivity index (χ3n) is 4.60. The lowest BCUT2D eigenvalue weighted by molar-refractivity contribution is 0.190. The molecule has 0 aliphatic carbocycles. The van der Waals surface area contributed by atoms with Gasteiger partial charge in [-0.2, -0.15) is 0 Å². The minimum absolute atomic E-state index is 0.0421. The summed E-state index contributed by atoms with van der Waals surface area (Å²) in [7, 11) is 0. The third kappa shape index (κ3) is 4.53. The van der Waals surface area contributed by atoms with E-state index in [0.717, 1.165) is 11.1 Å². The molecule has 2 rings (SSSR count). The normalized spacial score (nSPS) is 14.3. The Morgan fingerprint density at radius 2 is 1.54 bits per heavy atom. The lowest BCUT2D eigenvalue weighted by Gasteiger charge is -2.27. The predicted octanol–water partition coefficient (Wildman–Crippen LogP) is 4.93. The van der Waals surface area contributed by atoms with E-state index >= 15 is 0 Å². The Labute approximate surface area is 157 Å². The monoisotopic (exact) mass is 353 g/mol. The molecule has 0 bridgehead atoms. The zero-order chi connectivity index (χ0) is 19.5. The van der Waals surface area contributed by atoms with E-state index in [1.54, 1.807) is 0 Å². The maximum absolute atomic E-state index is 11.0. The summed E-state index contributed by atoms with van der Waals surface area (Å²) in [5, 5.41) is 20.9. The number of aliphatic imine (C=N–C) groups is 1. The molecule has 0 unspecified atom stereocenters. The van der Waals surface area contributed by atoms with E-state index < -0.39 is 0 Å². The van der Waals surface area contributed by atoms with E-state index in [0.29, 0.717) is 11.3 Å². The molecule has 1 atom stereocenters. The number of aromatic hydroxyl groups is 1. The number of nitrogens with zero attached hydrogens (tertiary/aromatic N) is 1. The van der Waals surface area contributed by atoms with E-state index in [1.165, 1.54) is 0 Å². The molecule has 0 aliphatic rings. The van der Waals surface area contributed by atoms with Crippen molar-refractivity contribution in [3.63, 3.8) is 0 Å². The topological polar surface area (TPSA) is 52.8 Å². The number of phenolic OH excluding ortho intramolecular Hbond substituents is 1. The van der Waals surface area contributed by atoms with Gasteiger partial charge in [-0.3, -0.25) is 4.99 Å². The van der Waals surface area contributed by atoms with Crippen LogP contribution in [0.15, 0.2) is 53.5 Å². The van der Waals surface area contributed by atoms with Crippen LogP contribution in [0.25, 0.3) is 0 Å². The highest BCUT2D eigenvalue weighted by Gasteiger charge is 2.26. The summed E-state index contributed by atoms with van der Waals surface area (Å²) in [5.41, 5.74) is 2.86. The van der Waals surface area contributed by atoms with Gasteiger partial charge < -0.3 is 10.2 Å². The lowest BCUT2D eigenvalue weighted by Crippen LogP contribution is -2.29. The van der Waals surface area contributed by atoms with Crippen molar-refractivity contribution in [3.05, 3.63) is 65.2 Å². The average Bonchev–Trinajstić information content (AvgIpc) is 2.55. The van der Waals surface area contributed by atoms with Gasteiger partial charge in [0.15, 0.2) is 0 Å². The van der Waals surface area contributed by atoms with E-state index in [2.05, 4.69) is 41.5 Å². The fourth-order valence-electron chi connectivity index (χ4n) is 2.90. The van der Waals surface area contributed by atoms with Crippen molar-refractivity contribution in [1.82, 2.24) is 0 Å². The molecule has 2 aromatic rings. The second-order valence-electron chi connectivity index (χ2n) is 8.86. The second-order valence-corrected chi connectivity index (χ2v) is 8.86. The Morgan fingerprint density at radius 3 is 2.04 bits per heavy atom. The zero-order valence-electron chi connectivity index (χ0n) is 16.7. The van der Waals surface area contributed by atoms with Gasteiger partial charge >= 0.3 is 0 Å². The molecule has 0 aromatic heterocycles. The highest BCUT2D eigenvalue weighted by molar-refractivity contribution is 6.14. The van der Waals surface area contributed by atoms with Crippen molar-refractivity contribution in [2.45, 2.75) is 53.0 Å². The highest BCUT2D eigenvalue weighted by atomic mass is 16.3. The van der Waals surface area contributed by atoms with Crippen molar-refractivity contribution in [2.24, 2.45) is 10.4 Å². The van der Waals surface area contributed by atoms with Crippen LogP contribution < -0.4 is 0 Å². The van der Waals surface area contributed by atoms with Crippen LogP contribution in [-0.2, 0) is 5.41 Å². The van der Waals surface area contributed by atoms with Crippen LogP contribution in [0.1, 0.15) is 58.2 Å². The molecule has 3 nitrogen and oxygen atoms in total. The number of rotatable bonds is 4. The summed E-state index contributed by atoms with van der Waals surface area (Å²) in [4.78, 5) is 4.90. The van der Waals surface area contributed by atoms with Gasteiger partial charge in [-0.15, -0.1) is 0 Å². The summed E-state index contributed by atoms with van der Waals surface area (Å²) in [6.07, 6.45) is 0. The Hall–Kier alpha value is -2.13. The highest BCUT2D eigenvalue weighted by Crippen LogP contribution is 2.35. The van der Waals surface area contributed by atoms with E-state index in [9.17, 15) is 10.2 Å². The Balaban J connectivity index is 2.71. The molecule has 2 N–H and O–H groups in total. The molecule has 0 heterocycles. The number of phenols is 1. The molecule has 2 aromatic carbocycles. The summed E-state index contributed by atoms with van der Waals surface area (Å²) >= 11 is 0. The largest absolute Gasteiger partial charge is 0.507 e. The van der Waals surface area contributed by atoms with Gasteiger partial charge in [-0.05, 0) is 22.5 Å². The number of benzene rings is 2. The standard InChI is InChI=1S/C23H31NO2/c1-22(2,3)18-14-10-13-17(21(18)26)20(16-11-8-7-9-12-16)24-19(15-25)23(4,5)6/h7-14,19,25-26H,15H2,1-6H3/t19-/m1/s1. The van der Waals surface area contributed by atoms with Crippen LogP contribution in [0, 0.1) is 5.41 Å². The number of aliphatic hydroxyl groups is 1. The molecule has 0 spiro atoms. The third-order valence-corrected chi connectivity index (χ3v) is 4.60. The van der Waals surface area contributed by atoms with Crippen LogP contribution in [0.4, 0.5) is 0 Å². The van der Waals surface area contributed by atoms with Gasteiger partial charge in [0.25, 0.3) is 0 Å². The molecule has 0 saturated carbocycles. The van der Waals surface area contributed by atoms with Crippen molar-refractivity contribution in [1.29, 1.82) is 0 Å². The maximum Gasteiger partial charge on any atom is 0.128 e. The molecule has 0 saturated heterocycles. The molecule has 0 fully saturated rings. The number of aliphatic hydroxyl groups excluding tert-OH is 1. The molecular weight excluding hydrogens is 322 g/mol. The summed E-state index contributed by atoms with van der Waals surface area (Å²) in [6, 6.07) is 15.4. The first kappa shape index (κ1) is 20.2. The molecule has 26 heavy (non-hydrogen) atoms. The number of hydrogen-bond acceptors (Lipinski definition) is 3. The molecule has 0 radical (unpaired) electrons. The molecular formula is C23H31NO2. The van der Waals surface area contributed by atoms with Gasteiger partial charge in [-0.1, -0.05) is 84.0 Å². The molecule has 0 amide bonds. The van der Waals surface area contributed by atoms with Crippen LogP contribution >= 0.6 is 0 Å². The maximum atomic E-state index is 11.0. The van der Waals surface area contributed by atoms with Gasteiger partial charge in [-0.25, -0.2) is 0 Å². The Morgan fingerprint density at radius 1 is 0.923 bits per heavy atom. The Kier molecular flexibility index (Phi) is 5.92. The quantitative estimate of drug-likeness (QED) is 0.765. The lowest BCUT2D eigenvalue weighted by atomic mass is 9.83. The minimum atomic E-state index is -0.268. The van der Waals surface area contributed by atoms with Crippen LogP contribution in [-0.4, -0.2) is 28.6 Å². The fourth-order valence-corrected chi connectivity index (χ4v) is 2.90. The van der Waals surface area contributed by atoms with Gasteiger partial charge in [0.1, 0.15) is 5.75 Å². The predicted molar refractivity (Wildman–Crippen MR) is 109 cm³/mol. The fraction of sp³-hybridized carbons (Fsp3) is 0.435. The van der Waals surface area contributed by atoms with Gasteiger partial charge in [0.2, 0.25) is 0 Å². The Bertz CT molecular complexity index is 765. The summed E-state index contributed by atoms with van der Waals surface area (Å²) in [6.45, 7) is 12.4. The van der Waals surface area contributed by atoms with Crippen molar-refractivity contribution >= 4 is 5.71 Å². The van der Waals surface area contributed by atoms with E-state index in [1.807, 2.05) is 48.5 Å². The molecule has 0 aliphatic heterocycles. The van der Waals surface area contributed by atoms with Crippen molar-refractivity contribution in [2.75, 3.05) is 6.61 Å². The van der Waals surface area contributed by atoms with Crippen LogP contribution in [0.2, 0.25) is 0 Å². The smallest absolute Gasteiger partial charge is 0.128 e. The first-order valence-electron chi connectivity index (χ1n) is 9.12. The summed E-state index contributed by atoms with van der Waals surface area (Å²) in [5.74, 6) is 0.258. The minimum Gasteiger partial charge on any atom is -0.507 e. The average molecular weight is 354 g/mol. The van der Waals surface area contributed by atoms with Crippen molar-refractivity contribution in [3.8, 4) is 5.75 Å². The first-order chi connectivity index (χ1) is 12.1. The zero-order valence-corrected chi connectivity index (χ0v) is 16.7. The van der Waals surface area contributed by atoms with Gasteiger partial charge in [0.05, 0.1) is 18.4 Å². The van der Waals surface area contributed by atoms with E-state index in [4.69, 9.17) is 4.99 Å². The molecule has 140 valence electrons. The van der Waals surface area contributed by atoms with Gasteiger partial charge in [0, 0.05) is 11.1 Å². The van der Waals surface area contributed by atoms with Crippen LogP contribution in [0.3, 0.4) is 0 Å². The first-order valence-corrected chi connectivity index (χ1v) is 9.12. The molecule has 3 heteroatoms. The second kappa shape index (κ2) is 7.63. The van der Waals surface area contributed by atoms with Crippen LogP contribution in [0.5, 0.6) is 5.75 Å². The van der Waals surface area contributed by atoms with E-state index in [-0.39, 0.29) is 29.2 Å². The van der Waals surface area contributed by atoms with Crippen molar-refractivity contribution < 1.29 is 10.2 Å². The SMILES string of the molecule is CC(C)(C)c1cccc(C(=N[C@H](CO)C(C)(C)C)c2ccccc2)c1O.